The van der Waals surface area contributed by atoms with Gasteiger partial charge in [0, 0.05) is 23.0 Å². The lowest BCUT2D eigenvalue weighted by Crippen LogP contribution is -2.28. The fourth-order valence-electron chi connectivity index (χ4n) is 3.74. The summed E-state index contributed by atoms with van der Waals surface area (Å²) in [5, 5.41) is 6.33. The van der Waals surface area contributed by atoms with E-state index in [-0.39, 0.29) is 0 Å². The maximum absolute atomic E-state index is 13.2. The van der Waals surface area contributed by atoms with Gasteiger partial charge in [-0.05, 0) is 86.1 Å². The van der Waals surface area contributed by atoms with E-state index in [2.05, 4.69) is 48.5 Å². The number of anilines is 2. The first-order valence-corrected chi connectivity index (χ1v) is 12.2. The van der Waals surface area contributed by atoms with Crippen molar-refractivity contribution in [3.63, 3.8) is 0 Å². The third-order valence-corrected chi connectivity index (χ3v) is 8.25. The molecule has 1 unspecified atom stereocenters. The van der Waals surface area contributed by atoms with Gasteiger partial charge >= 0.3 is 0 Å². The summed E-state index contributed by atoms with van der Waals surface area (Å²) in [6.07, 6.45) is 0.992. The van der Waals surface area contributed by atoms with E-state index in [0.717, 1.165) is 47.2 Å². The molecule has 0 amide bonds. The van der Waals surface area contributed by atoms with Gasteiger partial charge in [0.15, 0.2) is 0 Å². The van der Waals surface area contributed by atoms with Crippen LogP contribution in [0.2, 0.25) is 5.02 Å². The highest BCUT2D eigenvalue weighted by atomic mass is 35.5. The van der Waals surface area contributed by atoms with E-state index in [0.29, 0.717) is 5.02 Å². The molecule has 2 aromatic carbocycles. The number of benzene rings is 2. The maximum atomic E-state index is 13.2. The lowest BCUT2D eigenvalue weighted by molar-refractivity contribution is 0.650. The standard InChI is InChI=1S/C23H25ClN2OS2/c1-15-5-8-21-23(17(15)3)26(19-7-6-18(24)13-22(19)29(21)27)11-4-10-25-14-20-16(2)9-12-28-20/h5-9,12-13,25H,4,10-11,14H2,1-3H3. The zero-order valence-corrected chi connectivity index (χ0v) is 19.3. The van der Waals surface area contributed by atoms with E-state index in [1.54, 1.807) is 11.3 Å². The molecule has 0 bridgehead atoms. The molecule has 1 aliphatic heterocycles. The minimum absolute atomic E-state index is 0.623. The minimum Gasteiger partial charge on any atom is -0.339 e. The Morgan fingerprint density at radius 2 is 1.90 bits per heavy atom. The summed E-state index contributed by atoms with van der Waals surface area (Å²) in [5.74, 6) is 0. The van der Waals surface area contributed by atoms with Crippen molar-refractivity contribution in [2.45, 2.75) is 43.5 Å². The van der Waals surface area contributed by atoms with Crippen LogP contribution in [-0.2, 0) is 17.3 Å². The molecule has 4 rings (SSSR count). The number of hydrogen-bond acceptors (Lipinski definition) is 4. The Morgan fingerprint density at radius 3 is 2.66 bits per heavy atom. The zero-order chi connectivity index (χ0) is 20.5. The molecule has 1 N–H and O–H groups in total. The van der Waals surface area contributed by atoms with Crippen molar-refractivity contribution in [1.29, 1.82) is 0 Å². The Bertz CT molecular complexity index is 1080. The van der Waals surface area contributed by atoms with Gasteiger partial charge in [0.1, 0.15) is 0 Å². The molecule has 0 radical (unpaired) electrons. The predicted octanol–water partition coefficient (Wildman–Crippen LogP) is 6.12. The molecule has 152 valence electrons. The number of halogens is 1. The summed E-state index contributed by atoms with van der Waals surface area (Å²) < 4.78 is 13.2. The van der Waals surface area contributed by atoms with E-state index < -0.39 is 10.8 Å². The number of thiophene rings is 1. The van der Waals surface area contributed by atoms with Gasteiger partial charge in [-0.3, -0.25) is 0 Å². The molecule has 1 atom stereocenters. The molecule has 1 aliphatic rings. The van der Waals surface area contributed by atoms with Crippen LogP contribution in [0.15, 0.2) is 51.6 Å². The van der Waals surface area contributed by atoms with Crippen molar-refractivity contribution in [3.05, 3.63) is 68.4 Å². The Kier molecular flexibility index (Phi) is 6.11. The van der Waals surface area contributed by atoms with Crippen molar-refractivity contribution >= 4 is 45.1 Å². The second-order valence-corrected chi connectivity index (χ2v) is 10.3. The third-order valence-electron chi connectivity index (χ3n) is 5.54. The lowest BCUT2D eigenvalue weighted by Gasteiger charge is -2.34. The molecule has 6 heteroatoms. The summed E-state index contributed by atoms with van der Waals surface area (Å²) in [6, 6.07) is 12.0. The quantitative estimate of drug-likeness (QED) is 0.464. The molecule has 2 heterocycles. The second-order valence-electron chi connectivity index (χ2n) is 7.44. The average Bonchev–Trinajstić information content (AvgIpc) is 3.11. The van der Waals surface area contributed by atoms with Crippen LogP contribution in [0.4, 0.5) is 11.4 Å². The highest BCUT2D eigenvalue weighted by Gasteiger charge is 2.29. The minimum atomic E-state index is -1.21. The van der Waals surface area contributed by atoms with E-state index in [1.165, 1.54) is 21.6 Å². The number of nitrogens with one attached hydrogen (secondary N) is 1. The summed E-state index contributed by atoms with van der Waals surface area (Å²) >= 11 is 8.02. The van der Waals surface area contributed by atoms with Crippen molar-refractivity contribution in [1.82, 2.24) is 5.32 Å². The Labute approximate surface area is 184 Å². The van der Waals surface area contributed by atoms with Crippen LogP contribution in [0.5, 0.6) is 0 Å². The average molecular weight is 445 g/mol. The number of hydrogen-bond donors (Lipinski definition) is 1. The summed E-state index contributed by atoms with van der Waals surface area (Å²) in [7, 11) is -1.21. The number of nitrogens with zero attached hydrogens (tertiary/aromatic N) is 1. The van der Waals surface area contributed by atoms with Crippen LogP contribution < -0.4 is 10.2 Å². The normalized spacial score (nSPS) is 15.3. The highest BCUT2D eigenvalue weighted by molar-refractivity contribution is 7.85. The third kappa shape index (κ3) is 4.02. The van der Waals surface area contributed by atoms with Gasteiger partial charge in [-0.2, -0.15) is 0 Å². The van der Waals surface area contributed by atoms with E-state index in [4.69, 9.17) is 11.6 Å². The SMILES string of the molecule is Cc1ccsc1CNCCCN1c2ccc(Cl)cc2S(=O)c2ccc(C)c(C)c21. The fraction of sp³-hybridized carbons (Fsp3) is 0.304. The molecule has 3 aromatic rings. The molecule has 1 aromatic heterocycles. The van der Waals surface area contributed by atoms with Gasteiger partial charge < -0.3 is 10.2 Å². The molecule has 0 spiro atoms. The highest BCUT2D eigenvalue weighted by Crippen LogP contribution is 2.45. The topological polar surface area (TPSA) is 32.3 Å². The molecule has 0 saturated heterocycles. The lowest BCUT2D eigenvalue weighted by atomic mass is 10.1. The molecular formula is C23H25ClN2OS2. The molecule has 0 saturated carbocycles. The van der Waals surface area contributed by atoms with Crippen molar-refractivity contribution < 1.29 is 4.21 Å². The van der Waals surface area contributed by atoms with Crippen LogP contribution in [0.1, 0.15) is 28.0 Å². The van der Waals surface area contributed by atoms with Gasteiger partial charge in [0.25, 0.3) is 0 Å². The van der Waals surface area contributed by atoms with E-state index in [9.17, 15) is 4.21 Å². The smallest absolute Gasteiger partial charge is 0.0892 e. The summed E-state index contributed by atoms with van der Waals surface area (Å²) in [5.41, 5.74) is 5.86. The number of rotatable bonds is 6. The molecule has 3 nitrogen and oxygen atoms in total. The van der Waals surface area contributed by atoms with Crippen LogP contribution >= 0.6 is 22.9 Å². The number of aryl methyl sites for hydroxylation is 2. The first-order chi connectivity index (χ1) is 14.0. The molecule has 0 aliphatic carbocycles. The van der Waals surface area contributed by atoms with Crippen molar-refractivity contribution in [2.75, 3.05) is 18.0 Å². The van der Waals surface area contributed by atoms with Crippen LogP contribution in [0.3, 0.4) is 0 Å². The summed E-state index contributed by atoms with van der Waals surface area (Å²) in [4.78, 5) is 5.40. The first kappa shape index (κ1) is 20.6. The van der Waals surface area contributed by atoms with Gasteiger partial charge in [-0.25, -0.2) is 4.21 Å². The first-order valence-electron chi connectivity index (χ1n) is 9.80. The molecule has 29 heavy (non-hydrogen) atoms. The van der Waals surface area contributed by atoms with Crippen molar-refractivity contribution in [2.24, 2.45) is 0 Å². The van der Waals surface area contributed by atoms with E-state index >= 15 is 0 Å². The van der Waals surface area contributed by atoms with Crippen LogP contribution in [-0.4, -0.2) is 17.3 Å². The molecule has 0 fully saturated rings. The van der Waals surface area contributed by atoms with E-state index in [1.807, 2.05) is 24.3 Å². The monoisotopic (exact) mass is 444 g/mol. The fourth-order valence-corrected chi connectivity index (χ4v) is 6.32. The van der Waals surface area contributed by atoms with Gasteiger partial charge in [-0.15, -0.1) is 11.3 Å². The second kappa shape index (κ2) is 8.60. The number of fused-ring (bicyclic) bond motifs is 2. The summed E-state index contributed by atoms with van der Waals surface area (Å²) in [6.45, 7) is 9.09. The van der Waals surface area contributed by atoms with Gasteiger partial charge in [0.2, 0.25) is 0 Å². The Hall–Kier alpha value is -1.66. The zero-order valence-electron chi connectivity index (χ0n) is 16.9. The van der Waals surface area contributed by atoms with Crippen LogP contribution in [0.25, 0.3) is 0 Å². The van der Waals surface area contributed by atoms with Gasteiger partial charge in [-0.1, -0.05) is 17.7 Å². The maximum Gasteiger partial charge on any atom is 0.0892 e. The predicted molar refractivity (Wildman–Crippen MR) is 124 cm³/mol. The Morgan fingerprint density at radius 1 is 1.07 bits per heavy atom. The van der Waals surface area contributed by atoms with Crippen molar-refractivity contribution in [3.8, 4) is 0 Å². The largest absolute Gasteiger partial charge is 0.339 e. The Balaban J connectivity index is 1.56. The van der Waals surface area contributed by atoms with Gasteiger partial charge in [0.05, 0.1) is 32.0 Å². The molecular weight excluding hydrogens is 420 g/mol. The van der Waals surface area contributed by atoms with Crippen LogP contribution in [0, 0.1) is 20.8 Å².